The number of para-hydroxylation sites is 1. The zero-order valence-electron chi connectivity index (χ0n) is 25.8. The topological polar surface area (TPSA) is 84.5 Å². The maximum absolute atomic E-state index is 12.8. The van der Waals surface area contributed by atoms with E-state index in [-0.39, 0.29) is 0 Å². The number of methoxy groups -OCH3 is 1. The molecule has 1 saturated carbocycles. The van der Waals surface area contributed by atoms with E-state index < -0.39 is 13.4 Å². The largest absolute Gasteiger partial charge is 0.495 e. The zero-order valence-corrected chi connectivity index (χ0v) is 27.5. The smallest absolute Gasteiger partial charge is 0.196 e. The summed E-state index contributed by atoms with van der Waals surface area (Å²) >= 11 is 6.51. The highest BCUT2D eigenvalue weighted by atomic mass is 35.5. The van der Waals surface area contributed by atoms with E-state index in [9.17, 15) is 4.57 Å². The molecule has 1 atom stereocenters. The Kier molecular flexibility index (Phi) is 9.43. The van der Waals surface area contributed by atoms with Crippen LogP contribution in [0.1, 0.15) is 38.5 Å². The zero-order chi connectivity index (χ0) is 30.0. The number of hydrogen-bond acceptors (Lipinski definition) is 9. The van der Waals surface area contributed by atoms with Crippen LogP contribution in [0.5, 0.6) is 0 Å². The lowest BCUT2D eigenvalue weighted by atomic mass is 9.98. The third kappa shape index (κ3) is 7.62. The Labute approximate surface area is 261 Å². The molecule has 6 rings (SSSR count). The molecular weight excluding hydrogens is 581 g/mol. The molecule has 3 N–H and O–H groups in total. The number of likely N-dealkylation sites (tertiary alicyclic amines) is 1. The van der Waals surface area contributed by atoms with Gasteiger partial charge in [0.05, 0.1) is 23.5 Å². The Bertz CT molecular complexity index is 1330. The number of aliphatic imine (C=N–C) groups is 1. The number of amidine groups is 1. The Hall–Kier alpha value is -2.45. The van der Waals surface area contributed by atoms with E-state index in [2.05, 4.69) is 36.7 Å². The van der Waals surface area contributed by atoms with Crippen molar-refractivity contribution < 1.29 is 9.30 Å². The molecular formula is C32H47ClN7O2P. The molecule has 0 bridgehead atoms. The van der Waals surface area contributed by atoms with Crippen LogP contribution in [-0.4, -0.2) is 99.1 Å². The third-order valence-electron chi connectivity index (χ3n) is 9.35. The molecule has 2 saturated heterocycles. The minimum absolute atomic E-state index is 0.414. The van der Waals surface area contributed by atoms with Gasteiger partial charge in [0, 0.05) is 75.1 Å². The van der Waals surface area contributed by atoms with Crippen LogP contribution in [0.4, 0.5) is 5.69 Å². The van der Waals surface area contributed by atoms with Gasteiger partial charge in [0.1, 0.15) is 18.7 Å². The van der Waals surface area contributed by atoms with Crippen LogP contribution >= 0.6 is 18.7 Å². The van der Waals surface area contributed by atoms with Gasteiger partial charge < -0.3 is 35.1 Å². The van der Waals surface area contributed by atoms with Gasteiger partial charge in [0.2, 0.25) is 0 Å². The monoisotopic (exact) mass is 627 g/mol. The van der Waals surface area contributed by atoms with E-state index in [1.807, 2.05) is 24.3 Å². The summed E-state index contributed by atoms with van der Waals surface area (Å²) in [6, 6.07) is 8.32. The van der Waals surface area contributed by atoms with Gasteiger partial charge >= 0.3 is 0 Å². The molecule has 3 aliphatic heterocycles. The number of halogens is 1. The second kappa shape index (κ2) is 13.3. The first-order chi connectivity index (χ1) is 20.8. The summed E-state index contributed by atoms with van der Waals surface area (Å²) in [6.45, 7) is 12.0. The van der Waals surface area contributed by atoms with Crippen LogP contribution in [0.25, 0.3) is 0 Å². The van der Waals surface area contributed by atoms with E-state index in [4.69, 9.17) is 21.3 Å². The van der Waals surface area contributed by atoms with E-state index in [1.54, 1.807) is 26.6 Å². The second-order valence-corrected chi connectivity index (χ2v) is 16.4. The molecule has 0 aromatic heterocycles. The number of benzene rings is 1. The van der Waals surface area contributed by atoms with Gasteiger partial charge in [-0.15, -0.1) is 0 Å². The summed E-state index contributed by atoms with van der Waals surface area (Å²) in [5.41, 5.74) is 3.13. The molecule has 3 fully saturated rings. The number of piperazine rings is 1. The second-order valence-electron chi connectivity index (χ2n) is 12.9. The first-order valence-electron chi connectivity index (χ1n) is 15.8. The molecule has 9 nitrogen and oxygen atoms in total. The molecule has 0 radical (unpaired) electrons. The van der Waals surface area contributed by atoms with E-state index in [0.29, 0.717) is 16.9 Å². The van der Waals surface area contributed by atoms with Crippen molar-refractivity contribution in [1.82, 2.24) is 25.3 Å². The lowest BCUT2D eigenvalue weighted by Gasteiger charge is -2.44. The Morgan fingerprint density at radius 3 is 2.49 bits per heavy atom. The van der Waals surface area contributed by atoms with E-state index in [1.165, 1.54) is 64.1 Å². The van der Waals surface area contributed by atoms with Crippen molar-refractivity contribution >= 4 is 35.6 Å². The molecule has 3 heterocycles. The van der Waals surface area contributed by atoms with Gasteiger partial charge in [-0.25, -0.2) is 4.99 Å². The average molecular weight is 628 g/mol. The summed E-state index contributed by atoms with van der Waals surface area (Å²) < 4.78 is 18.7. The number of allylic oxidation sites excluding steroid dienone is 3. The molecule has 11 heteroatoms. The quantitative estimate of drug-likeness (QED) is 0.349. The van der Waals surface area contributed by atoms with Crippen molar-refractivity contribution in [3.05, 3.63) is 58.7 Å². The van der Waals surface area contributed by atoms with Crippen LogP contribution in [0, 0.1) is 5.92 Å². The van der Waals surface area contributed by atoms with Crippen LogP contribution in [0.15, 0.2) is 63.7 Å². The van der Waals surface area contributed by atoms with E-state index in [0.717, 1.165) is 54.3 Å². The summed E-state index contributed by atoms with van der Waals surface area (Å²) in [5, 5.41) is 11.3. The lowest BCUT2D eigenvalue weighted by Crippen LogP contribution is -2.53. The summed E-state index contributed by atoms with van der Waals surface area (Å²) in [5.74, 6) is 2.37. The summed E-state index contributed by atoms with van der Waals surface area (Å²) in [4.78, 5) is 12.8. The maximum atomic E-state index is 12.8. The first kappa shape index (κ1) is 30.6. The maximum Gasteiger partial charge on any atom is 0.196 e. The minimum Gasteiger partial charge on any atom is -0.495 e. The van der Waals surface area contributed by atoms with Crippen LogP contribution in [0.2, 0.25) is 0 Å². The SMILES string of the molecule is COC1=C(NC2N=C(Nc3ccccc3P(C)(C)=O)C(Cl)=CN2)CCC(N2CCC(N3CCN(CC4CC4)CC3)CC2)=C1. The van der Waals surface area contributed by atoms with Gasteiger partial charge in [-0.3, -0.25) is 4.90 Å². The summed E-state index contributed by atoms with van der Waals surface area (Å²) in [7, 11) is -0.749. The van der Waals surface area contributed by atoms with Crippen molar-refractivity contribution in [2.45, 2.75) is 50.9 Å². The Morgan fingerprint density at radius 2 is 1.79 bits per heavy atom. The fraction of sp³-hybridized carbons (Fsp3) is 0.594. The Balaban J connectivity index is 1.05. The molecule has 1 unspecified atom stereocenters. The van der Waals surface area contributed by atoms with Gasteiger partial charge in [-0.2, -0.15) is 0 Å². The van der Waals surface area contributed by atoms with Gasteiger partial charge in [0.25, 0.3) is 0 Å². The van der Waals surface area contributed by atoms with Gasteiger partial charge in [0.15, 0.2) is 6.29 Å². The molecule has 234 valence electrons. The first-order valence-corrected chi connectivity index (χ1v) is 18.8. The number of nitrogens with one attached hydrogen (secondary N) is 3. The van der Waals surface area contributed by atoms with Crippen molar-refractivity contribution in [3.63, 3.8) is 0 Å². The molecule has 43 heavy (non-hydrogen) atoms. The third-order valence-corrected chi connectivity index (χ3v) is 11.2. The highest BCUT2D eigenvalue weighted by Crippen LogP contribution is 2.38. The predicted molar refractivity (Wildman–Crippen MR) is 177 cm³/mol. The number of anilines is 1. The number of rotatable bonds is 9. The number of piperidine rings is 1. The summed E-state index contributed by atoms with van der Waals surface area (Å²) in [6.07, 6.45) is 10.7. The normalized spacial score (nSPS) is 24.6. The molecule has 5 aliphatic rings. The van der Waals surface area contributed by atoms with Crippen molar-refractivity contribution in [1.29, 1.82) is 0 Å². The lowest BCUT2D eigenvalue weighted by molar-refractivity contribution is 0.0634. The molecule has 1 aromatic carbocycles. The molecule has 0 spiro atoms. The number of nitrogens with zero attached hydrogens (tertiary/aromatic N) is 4. The average Bonchev–Trinajstić information content (AvgIpc) is 3.83. The molecule has 1 aromatic rings. The fourth-order valence-electron chi connectivity index (χ4n) is 6.71. The Morgan fingerprint density at radius 1 is 1.05 bits per heavy atom. The van der Waals surface area contributed by atoms with Gasteiger partial charge in [-0.05, 0) is 69.9 Å². The van der Waals surface area contributed by atoms with Crippen molar-refractivity contribution in [2.75, 3.05) is 71.6 Å². The van der Waals surface area contributed by atoms with Crippen LogP contribution in [-0.2, 0) is 9.30 Å². The van der Waals surface area contributed by atoms with Crippen molar-refractivity contribution in [3.8, 4) is 0 Å². The van der Waals surface area contributed by atoms with Gasteiger partial charge in [-0.1, -0.05) is 23.7 Å². The number of ether oxygens (including phenoxy) is 1. The van der Waals surface area contributed by atoms with Crippen molar-refractivity contribution in [2.24, 2.45) is 10.9 Å². The highest BCUT2D eigenvalue weighted by Gasteiger charge is 2.31. The number of hydrogen-bond donors (Lipinski definition) is 3. The standard InChI is InChI=1S/C32H47ClN7O2P/c1-42-29-20-25(39-14-12-24(13-15-39)40-18-16-38(17-19-40)22-23-8-9-23)10-11-27(29)36-32-34-21-26(33)31(37-32)35-28-6-4-5-7-30(28)43(2,3)41/h4-7,20-21,23-24,32,34,36H,8-19,22H2,1-3H3,(H,35,37). The van der Waals surface area contributed by atoms with Crippen LogP contribution < -0.4 is 21.3 Å². The predicted octanol–water partition coefficient (Wildman–Crippen LogP) is 4.33. The molecule has 0 amide bonds. The molecule has 2 aliphatic carbocycles. The fourth-order valence-corrected chi connectivity index (χ4v) is 8.03. The van der Waals surface area contributed by atoms with E-state index >= 15 is 0 Å². The minimum atomic E-state index is -2.48. The van der Waals surface area contributed by atoms with Crippen LogP contribution in [0.3, 0.4) is 0 Å². The highest BCUT2D eigenvalue weighted by molar-refractivity contribution is 7.70.